The van der Waals surface area contributed by atoms with Gasteiger partial charge in [-0.25, -0.2) is 0 Å². The Morgan fingerprint density at radius 1 is 1.47 bits per heavy atom. The van der Waals surface area contributed by atoms with Crippen molar-refractivity contribution < 1.29 is 9.90 Å². The van der Waals surface area contributed by atoms with Gasteiger partial charge in [0.15, 0.2) is 0 Å². The smallest absolute Gasteiger partial charge is 0.314 e. The molecule has 0 amide bonds. The van der Waals surface area contributed by atoms with Gasteiger partial charge in [0.2, 0.25) is 0 Å². The molecule has 0 heterocycles. The molecule has 1 unspecified atom stereocenters. The summed E-state index contributed by atoms with van der Waals surface area (Å²) in [5, 5.41) is 9.31. The van der Waals surface area contributed by atoms with Gasteiger partial charge in [-0.2, -0.15) is 0 Å². The van der Waals surface area contributed by atoms with Gasteiger partial charge in [0.1, 0.15) is 0 Å². The summed E-state index contributed by atoms with van der Waals surface area (Å²) >= 11 is 0. The summed E-state index contributed by atoms with van der Waals surface area (Å²) < 4.78 is 0. The Labute approximate surface area is 89.9 Å². The lowest BCUT2D eigenvalue weighted by molar-refractivity contribution is -0.145. The fraction of sp³-hybridized carbons (Fsp3) is 0.417. The maximum absolute atomic E-state index is 11.3. The monoisotopic (exact) mass is 207 g/mol. The molecule has 0 aliphatic carbocycles. The van der Waals surface area contributed by atoms with Crippen LogP contribution in [0, 0.1) is 5.92 Å². The topological polar surface area (TPSA) is 63.3 Å². The van der Waals surface area contributed by atoms with Crippen molar-refractivity contribution in [1.29, 1.82) is 0 Å². The number of rotatable bonds is 3. The molecule has 1 aromatic carbocycles. The third kappa shape index (κ3) is 1.96. The van der Waals surface area contributed by atoms with Crippen molar-refractivity contribution in [3.05, 3.63) is 29.8 Å². The van der Waals surface area contributed by atoms with Crippen molar-refractivity contribution in [3.8, 4) is 0 Å². The number of nitrogen functional groups attached to an aromatic ring is 1. The minimum atomic E-state index is -0.880. The lowest BCUT2D eigenvalue weighted by Gasteiger charge is -2.29. The molecule has 3 nitrogen and oxygen atoms in total. The summed E-state index contributed by atoms with van der Waals surface area (Å²) in [5.74, 6) is -0.806. The Balaban J connectivity index is 3.28. The zero-order valence-electron chi connectivity index (χ0n) is 9.32. The molecule has 0 aliphatic heterocycles. The Morgan fingerprint density at radius 2 is 2.07 bits per heavy atom. The third-order valence-corrected chi connectivity index (χ3v) is 3.09. The second-order valence-electron chi connectivity index (χ2n) is 4.29. The molecule has 1 aromatic rings. The summed E-state index contributed by atoms with van der Waals surface area (Å²) in [6.07, 6.45) is 0. The van der Waals surface area contributed by atoms with Crippen LogP contribution in [0.3, 0.4) is 0 Å². The molecule has 1 rings (SSSR count). The molecule has 3 heteroatoms. The van der Waals surface area contributed by atoms with Crippen molar-refractivity contribution in [2.75, 3.05) is 5.73 Å². The van der Waals surface area contributed by atoms with Crippen molar-refractivity contribution in [1.82, 2.24) is 0 Å². The van der Waals surface area contributed by atoms with Crippen LogP contribution in [0.1, 0.15) is 26.3 Å². The van der Waals surface area contributed by atoms with E-state index in [1.54, 1.807) is 25.1 Å². The predicted octanol–water partition coefficient (Wildman–Crippen LogP) is 2.27. The Kier molecular flexibility index (Phi) is 3.03. The highest BCUT2D eigenvalue weighted by molar-refractivity contribution is 5.81. The fourth-order valence-corrected chi connectivity index (χ4v) is 1.57. The fourth-order valence-electron chi connectivity index (χ4n) is 1.57. The zero-order chi connectivity index (χ0) is 11.6. The van der Waals surface area contributed by atoms with E-state index in [-0.39, 0.29) is 5.92 Å². The van der Waals surface area contributed by atoms with Crippen LogP contribution in [0.5, 0.6) is 0 Å². The average Bonchev–Trinajstić information content (AvgIpc) is 2.15. The lowest BCUT2D eigenvalue weighted by Crippen LogP contribution is -2.37. The number of aliphatic carboxylic acids is 1. The zero-order valence-corrected chi connectivity index (χ0v) is 9.32. The van der Waals surface area contributed by atoms with Gasteiger partial charge in [0.25, 0.3) is 0 Å². The highest BCUT2D eigenvalue weighted by atomic mass is 16.4. The maximum atomic E-state index is 11.3. The first-order chi connectivity index (χ1) is 6.89. The summed E-state index contributed by atoms with van der Waals surface area (Å²) in [7, 11) is 0. The van der Waals surface area contributed by atoms with Crippen molar-refractivity contribution in [2.24, 2.45) is 5.92 Å². The first-order valence-corrected chi connectivity index (χ1v) is 4.98. The molecule has 0 aromatic heterocycles. The van der Waals surface area contributed by atoms with Crippen LogP contribution < -0.4 is 5.73 Å². The van der Waals surface area contributed by atoms with Gasteiger partial charge in [0, 0.05) is 5.69 Å². The first kappa shape index (κ1) is 11.6. The van der Waals surface area contributed by atoms with E-state index in [2.05, 4.69) is 0 Å². The van der Waals surface area contributed by atoms with Gasteiger partial charge >= 0.3 is 5.97 Å². The van der Waals surface area contributed by atoms with Gasteiger partial charge in [0.05, 0.1) is 5.41 Å². The summed E-state index contributed by atoms with van der Waals surface area (Å²) in [6, 6.07) is 7.08. The number of carboxylic acids is 1. The van der Waals surface area contributed by atoms with E-state index in [1.807, 2.05) is 19.9 Å². The number of carbonyl (C=O) groups is 1. The Hall–Kier alpha value is -1.51. The van der Waals surface area contributed by atoms with Gasteiger partial charge in [-0.15, -0.1) is 0 Å². The number of hydrogen-bond acceptors (Lipinski definition) is 2. The second-order valence-corrected chi connectivity index (χ2v) is 4.29. The van der Waals surface area contributed by atoms with Crippen molar-refractivity contribution >= 4 is 11.7 Å². The number of carboxylic acid groups (broad SMARTS) is 1. The van der Waals surface area contributed by atoms with Crippen LogP contribution in [0.25, 0.3) is 0 Å². The van der Waals surface area contributed by atoms with Crippen LogP contribution in [-0.4, -0.2) is 11.1 Å². The summed E-state index contributed by atoms with van der Waals surface area (Å²) in [5.41, 5.74) is 6.14. The SMILES string of the molecule is CC(C)C(C)(C(=O)O)c1cccc(N)c1. The number of hydrogen-bond donors (Lipinski definition) is 2. The molecule has 0 saturated carbocycles. The standard InChI is InChI=1S/C12H17NO2/c1-8(2)12(3,11(14)15)9-5-4-6-10(13)7-9/h4-8H,13H2,1-3H3,(H,14,15). The van der Waals surface area contributed by atoms with E-state index in [0.29, 0.717) is 5.69 Å². The molecular weight excluding hydrogens is 190 g/mol. The molecule has 0 fully saturated rings. The van der Waals surface area contributed by atoms with E-state index >= 15 is 0 Å². The highest BCUT2D eigenvalue weighted by Gasteiger charge is 2.38. The molecule has 0 aliphatic rings. The van der Waals surface area contributed by atoms with Crippen LogP contribution in [0.2, 0.25) is 0 Å². The molecule has 0 bridgehead atoms. The van der Waals surface area contributed by atoms with Crippen LogP contribution >= 0.6 is 0 Å². The van der Waals surface area contributed by atoms with E-state index in [1.165, 1.54) is 0 Å². The quantitative estimate of drug-likeness (QED) is 0.747. The molecule has 82 valence electrons. The van der Waals surface area contributed by atoms with Crippen LogP contribution in [0.15, 0.2) is 24.3 Å². The minimum Gasteiger partial charge on any atom is -0.481 e. The molecule has 0 spiro atoms. The minimum absolute atomic E-state index is 0.0109. The lowest BCUT2D eigenvalue weighted by atomic mass is 9.73. The van der Waals surface area contributed by atoms with Crippen molar-refractivity contribution in [3.63, 3.8) is 0 Å². The average molecular weight is 207 g/mol. The summed E-state index contributed by atoms with van der Waals surface area (Å²) in [6.45, 7) is 5.53. The van der Waals surface area contributed by atoms with Gasteiger partial charge in [-0.1, -0.05) is 26.0 Å². The predicted molar refractivity (Wildman–Crippen MR) is 60.7 cm³/mol. The van der Waals surface area contributed by atoms with Gasteiger partial charge in [-0.05, 0) is 30.5 Å². The normalized spacial score (nSPS) is 14.9. The first-order valence-electron chi connectivity index (χ1n) is 4.98. The number of benzene rings is 1. The molecule has 1 atom stereocenters. The highest BCUT2D eigenvalue weighted by Crippen LogP contribution is 2.33. The Morgan fingerprint density at radius 3 is 2.47 bits per heavy atom. The molecule has 0 saturated heterocycles. The Bertz CT molecular complexity index is 374. The second kappa shape index (κ2) is 3.93. The molecule has 3 N–H and O–H groups in total. The number of anilines is 1. The molecule has 0 radical (unpaired) electrons. The van der Waals surface area contributed by atoms with E-state index in [9.17, 15) is 9.90 Å². The maximum Gasteiger partial charge on any atom is 0.314 e. The van der Waals surface area contributed by atoms with Crippen molar-refractivity contribution in [2.45, 2.75) is 26.2 Å². The summed E-state index contributed by atoms with van der Waals surface area (Å²) in [4.78, 5) is 11.3. The molecule has 15 heavy (non-hydrogen) atoms. The number of nitrogens with two attached hydrogens (primary N) is 1. The van der Waals surface area contributed by atoms with Gasteiger partial charge in [-0.3, -0.25) is 4.79 Å². The molecular formula is C12H17NO2. The van der Waals surface area contributed by atoms with E-state index in [0.717, 1.165) is 5.56 Å². The van der Waals surface area contributed by atoms with E-state index < -0.39 is 11.4 Å². The van der Waals surface area contributed by atoms with Gasteiger partial charge < -0.3 is 10.8 Å². The van der Waals surface area contributed by atoms with E-state index in [4.69, 9.17) is 5.73 Å². The van der Waals surface area contributed by atoms with Crippen LogP contribution in [-0.2, 0) is 10.2 Å². The largest absolute Gasteiger partial charge is 0.481 e. The third-order valence-electron chi connectivity index (χ3n) is 3.09. The van der Waals surface area contributed by atoms with Crippen LogP contribution in [0.4, 0.5) is 5.69 Å².